The first-order valence-electron chi connectivity index (χ1n) is 11.5. The van der Waals surface area contributed by atoms with Gasteiger partial charge in [-0.2, -0.15) is 0 Å². The van der Waals surface area contributed by atoms with Gasteiger partial charge in [0.15, 0.2) is 0 Å². The maximum absolute atomic E-state index is 11.5. The summed E-state index contributed by atoms with van der Waals surface area (Å²) < 4.78 is 11.3. The second-order valence-electron chi connectivity index (χ2n) is 10.7. The minimum Gasteiger partial charge on any atom is -0.507 e. The van der Waals surface area contributed by atoms with Crippen LogP contribution in [0.25, 0.3) is 0 Å². The van der Waals surface area contributed by atoms with Gasteiger partial charge in [0.1, 0.15) is 23.0 Å². The van der Waals surface area contributed by atoms with E-state index in [4.69, 9.17) is 9.47 Å². The molecule has 0 radical (unpaired) electrons. The largest absolute Gasteiger partial charge is 0.507 e. The van der Waals surface area contributed by atoms with Gasteiger partial charge < -0.3 is 19.7 Å². The van der Waals surface area contributed by atoms with E-state index < -0.39 is 0 Å². The number of rotatable bonds is 6. The number of aromatic hydroxyl groups is 2. The Bertz CT molecular complexity index is 1070. The van der Waals surface area contributed by atoms with E-state index >= 15 is 0 Å². The number of benzene rings is 3. The van der Waals surface area contributed by atoms with Gasteiger partial charge in [-0.3, -0.25) is 0 Å². The van der Waals surface area contributed by atoms with Crippen molar-refractivity contribution in [2.45, 2.75) is 58.0 Å². The first-order chi connectivity index (χ1) is 15.9. The predicted octanol–water partition coefficient (Wildman–Crippen LogP) is 6.80. The van der Waals surface area contributed by atoms with Gasteiger partial charge >= 0.3 is 0 Å². The number of ether oxygens (including phenoxy) is 2. The van der Waals surface area contributed by atoms with Crippen LogP contribution in [-0.4, -0.2) is 24.4 Å². The van der Waals surface area contributed by atoms with Crippen molar-refractivity contribution >= 4 is 13.9 Å². The minimum atomic E-state index is -0.296. The van der Waals surface area contributed by atoms with Crippen LogP contribution in [0.1, 0.15) is 69.5 Å². The second kappa shape index (κ2) is 9.88. The van der Waals surface area contributed by atoms with Crippen LogP contribution in [0, 0.1) is 0 Å². The molecule has 3 aromatic carbocycles. The van der Waals surface area contributed by atoms with Gasteiger partial charge in [-0.1, -0.05) is 80.5 Å². The topological polar surface area (TPSA) is 58.9 Å². The summed E-state index contributed by atoms with van der Waals surface area (Å²) in [7, 11) is 3.54. The molecule has 0 fully saturated rings. The van der Waals surface area contributed by atoms with Crippen LogP contribution < -0.4 is 14.8 Å². The zero-order chi connectivity index (χ0) is 25.3. The zero-order valence-electron chi connectivity index (χ0n) is 21.5. The van der Waals surface area contributed by atoms with E-state index in [-0.39, 0.29) is 36.6 Å². The highest BCUT2D eigenvalue weighted by Gasteiger charge is 2.31. The van der Waals surface area contributed by atoms with Gasteiger partial charge in [-0.25, -0.2) is 0 Å². The summed E-state index contributed by atoms with van der Waals surface area (Å²) in [6, 6.07) is 17.7. The number of hydrogen-bond acceptors (Lipinski definition) is 4. The highest BCUT2D eigenvalue weighted by Crippen LogP contribution is 2.52. The van der Waals surface area contributed by atoms with Crippen molar-refractivity contribution in [1.29, 1.82) is 0 Å². The van der Waals surface area contributed by atoms with E-state index in [1.807, 2.05) is 42.5 Å². The van der Waals surface area contributed by atoms with Crippen LogP contribution in [0.15, 0.2) is 54.6 Å². The molecule has 34 heavy (non-hydrogen) atoms. The average molecular weight is 481 g/mol. The number of phenols is 2. The predicted molar refractivity (Wildman–Crippen MR) is 143 cm³/mol. The van der Waals surface area contributed by atoms with Crippen LogP contribution in [0.3, 0.4) is 0 Å². The smallest absolute Gasteiger partial charge is 0.123 e. The van der Waals surface area contributed by atoms with Gasteiger partial charge in [0.25, 0.3) is 0 Å². The number of methoxy groups -OCH3 is 2. The van der Waals surface area contributed by atoms with Crippen molar-refractivity contribution in [2.75, 3.05) is 14.2 Å². The van der Waals surface area contributed by atoms with Gasteiger partial charge in [0, 0.05) is 27.9 Å². The fourth-order valence-electron chi connectivity index (χ4n) is 4.10. The first-order valence-corrected chi connectivity index (χ1v) is 12.6. The fraction of sp³-hybridized carbons (Fsp3) is 0.379. The summed E-state index contributed by atoms with van der Waals surface area (Å²) in [6.45, 7) is 12.4. The van der Waals surface area contributed by atoms with Crippen molar-refractivity contribution in [3.05, 3.63) is 76.9 Å². The molecular formula is C29H37O4P. The van der Waals surface area contributed by atoms with E-state index in [2.05, 4.69) is 53.7 Å². The Labute approximate surface area is 205 Å². The average Bonchev–Trinajstić information content (AvgIpc) is 2.77. The third kappa shape index (κ3) is 5.50. The summed E-state index contributed by atoms with van der Waals surface area (Å²) in [5.74, 6) is 1.83. The summed E-state index contributed by atoms with van der Waals surface area (Å²) in [5, 5.41) is 24.2. The molecule has 0 amide bonds. The molecule has 3 aromatic rings. The van der Waals surface area contributed by atoms with Crippen molar-refractivity contribution in [1.82, 2.24) is 0 Å². The van der Waals surface area contributed by atoms with Crippen LogP contribution >= 0.6 is 8.58 Å². The normalized spacial score (nSPS) is 12.5. The molecule has 1 atom stereocenters. The Balaban J connectivity index is 2.36. The maximum atomic E-state index is 11.5. The van der Waals surface area contributed by atoms with Crippen LogP contribution in [0.2, 0.25) is 0 Å². The van der Waals surface area contributed by atoms with E-state index in [0.717, 1.165) is 27.6 Å². The van der Waals surface area contributed by atoms with E-state index in [0.29, 0.717) is 11.5 Å². The molecule has 4 nitrogen and oxygen atoms in total. The minimum absolute atomic E-state index is 0.237. The molecule has 2 N–H and O–H groups in total. The summed E-state index contributed by atoms with van der Waals surface area (Å²) >= 11 is 0. The highest BCUT2D eigenvalue weighted by molar-refractivity contribution is 7.47. The fourth-order valence-corrected chi connectivity index (χ4v) is 5.57. The third-order valence-electron chi connectivity index (χ3n) is 6.02. The van der Waals surface area contributed by atoms with Crippen LogP contribution in [0.4, 0.5) is 0 Å². The zero-order valence-corrected chi connectivity index (χ0v) is 22.5. The Morgan fingerprint density at radius 3 is 1.44 bits per heavy atom. The van der Waals surface area contributed by atoms with Crippen molar-refractivity contribution < 1.29 is 19.7 Å². The van der Waals surface area contributed by atoms with Gasteiger partial charge in [0.05, 0.1) is 14.2 Å². The van der Waals surface area contributed by atoms with E-state index in [1.54, 1.807) is 14.2 Å². The molecule has 1 unspecified atom stereocenters. The van der Waals surface area contributed by atoms with Crippen molar-refractivity contribution in [3.63, 3.8) is 0 Å². The van der Waals surface area contributed by atoms with Gasteiger partial charge in [-0.05, 0) is 40.4 Å². The molecule has 5 heteroatoms. The second-order valence-corrected chi connectivity index (χ2v) is 12.1. The third-order valence-corrected chi connectivity index (χ3v) is 7.60. The molecule has 0 aliphatic rings. The van der Waals surface area contributed by atoms with Crippen molar-refractivity contribution in [3.8, 4) is 23.0 Å². The Hall–Kier alpha value is -2.71. The standard InChI is InChI=1S/C29H37O4P/c1-28(2,3)23-16-18(32-7)14-21(25(23)30)27(34-20-12-10-9-11-13-20)22-15-19(33-8)17-24(26(22)31)29(4,5)6/h9-17,27,30-31,34H,1-8H3. The lowest BCUT2D eigenvalue weighted by atomic mass is 9.82. The molecule has 3 rings (SSSR count). The van der Waals surface area contributed by atoms with Crippen LogP contribution in [0.5, 0.6) is 23.0 Å². The highest BCUT2D eigenvalue weighted by atomic mass is 31.1. The molecule has 0 heterocycles. The summed E-state index contributed by atoms with van der Waals surface area (Å²) in [5.41, 5.74) is 2.20. The Kier molecular flexibility index (Phi) is 7.53. The lowest BCUT2D eigenvalue weighted by Gasteiger charge is -2.29. The molecule has 0 aliphatic carbocycles. The lowest BCUT2D eigenvalue weighted by molar-refractivity contribution is 0.400. The summed E-state index contributed by atoms with van der Waals surface area (Å²) in [6.07, 6.45) is 0. The molecule has 0 aromatic heterocycles. The monoisotopic (exact) mass is 480 g/mol. The van der Waals surface area contributed by atoms with E-state index in [9.17, 15) is 10.2 Å². The Morgan fingerprint density at radius 2 is 1.09 bits per heavy atom. The molecule has 0 spiro atoms. The maximum Gasteiger partial charge on any atom is 0.123 e. The molecule has 0 saturated carbocycles. The Morgan fingerprint density at radius 1 is 0.676 bits per heavy atom. The van der Waals surface area contributed by atoms with Crippen molar-refractivity contribution in [2.24, 2.45) is 0 Å². The lowest BCUT2D eigenvalue weighted by Crippen LogP contribution is -2.15. The molecule has 182 valence electrons. The van der Waals surface area contributed by atoms with Gasteiger partial charge in [-0.15, -0.1) is 0 Å². The molecule has 0 bridgehead atoms. The van der Waals surface area contributed by atoms with Crippen LogP contribution in [-0.2, 0) is 10.8 Å². The number of phenolic OH excluding ortho intramolecular Hbond substituents is 2. The molecule has 0 saturated heterocycles. The van der Waals surface area contributed by atoms with E-state index in [1.165, 1.54) is 0 Å². The van der Waals surface area contributed by atoms with Gasteiger partial charge in [0.2, 0.25) is 0 Å². The SMILES string of the molecule is COc1cc(C(Pc2ccccc2)c2cc(OC)cc(C(C)(C)C)c2O)c(O)c(C(C)(C)C)c1. The number of hydrogen-bond donors (Lipinski definition) is 2. The quantitative estimate of drug-likeness (QED) is 0.381. The molecular weight excluding hydrogens is 443 g/mol. The molecule has 0 aliphatic heterocycles. The summed E-state index contributed by atoms with van der Waals surface area (Å²) in [4.78, 5) is 0. The first kappa shape index (κ1) is 25.9.